The zero-order valence-electron chi connectivity index (χ0n) is 24.9. The van der Waals surface area contributed by atoms with Crippen LogP contribution >= 0.6 is 0 Å². The fraction of sp³-hybridized carbons (Fsp3) is 0.258. The molecule has 3 N–H and O–H groups in total. The van der Waals surface area contributed by atoms with Gasteiger partial charge in [0.1, 0.15) is 31.5 Å². The van der Waals surface area contributed by atoms with Crippen molar-refractivity contribution < 1.29 is 28.2 Å². The van der Waals surface area contributed by atoms with Crippen molar-refractivity contribution in [2.45, 2.75) is 33.1 Å². The highest BCUT2D eigenvalue weighted by atomic mass is 19.1. The van der Waals surface area contributed by atoms with E-state index in [2.05, 4.69) is 31.9 Å². The number of amides is 1. The van der Waals surface area contributed by atoms with Crippen molar-refractivity contribution in [3.05, 3.63) is 111 Å². The minimum Gasteiger partial charge on any atom is -0.487 e. The molecule has 0 saturated carbocycles. The van der Waals surface area contributed by atoms with Gasteiger partial charge in [-0.25, -0.2) is 23.9 Å². The molecule has 45 heavy (non-hydrogen) atoms. The smallest absolute Gasteiger partial charge is 0.413 e. The summed E-state index contributed by atoms with van der Waals surface area (Å²) in [6.45, 7) is 8.32. The van der Waals surface area contributed by atoms with Gasteiger partial charge in [-0.1, -0.05) is 36.9 Å². The molecule has 0 saturated heterocycles. The minimum absolute atomic E-state index is 0.0299. The summed E-state index contributed by atoms with van der Waals surface area (Å²) in [7, 11) is 0. The van der Waals surface area contributed by atoms with Gasteiger partial charge in [-0.05, 0) is 49.1 Å². The number of nitrogens with zero attached hydrogens (tertiary/aromatic N) is 4. The standard InChI is InChI=1S/C31H32FN7O6/c1-18(2)17-45-31(42)36-27(33)22-8-6-21(7-9-22)16-24(28-37-30(41)39(38-28)29-34-10-5-11-35-29)23-14-19(3)15-25(26(23)32)44-13-12-43-20(4)40/h5-11,14-15,24H,1,12-13,16-17H2,2-4H3,(H2,33,36,42)(H,37,38,41)/t24-/m1/s1. The van der Waals surface area contributed by atoms with Gasteiger partial charge in [0.25, 0.3) is 5.95 Å². The first-order valence-electron chi connectivity index (χ1n) is 13.8. The number of esters is 1. The molecule has 0 aliphatic rings. The molecule has 0 aliphatic heterocycles. The number of aryl methyl sites for hydroxylation is 1. The van der Waals surface area contributed by atoms with Crippen LogP contribution in [0.4, 0.5) is 9.18 Å². The average molecular weight is 618 g/mol. The number of H-pyrrole nitrogens is 1. The summed E-state index contributed by atoms with van der Waals surface area (Å²) in [6.07, 6.45) is 2.33. The molecule has 0 aliphatic carbocycles. The van der Waals surface area contributed by atoms with Crippen LogP contribution in [0.1, 0.15) is 47.8 Å². The van der Waals surface area contributed by atoms with Crippen LogP contribution in [0.25, 0.3) is 5.95 Å². The van der Waals surface area contributed by atoms with E-state index < -0.39 is 29.5 Å². The highest BCUT2D eigenvalue weighted by molar-refractivity contribution is 6.04. The second-order valence-electron chi connectivity index (χ2n) is 10.1. The molecule has 4 rings (SSSR count). The highest BCUT2D eigenvalue weighted by Gasteiger charge is 2.26. The molecule has 2 aromatic carbocycles. The predicted octanol–water partition coefficient (Wildman–Crippen LogP) is 3.74. The van der Waals surface area contributed by atoms with Crippen LogP contribution in [0.5, 0.6) is 5.75 Å². The number of hydrogen-bond acceptors (Lipinski definition) is 10. The molecule has 0 unspecified atom stereocenters. The molecular weight excluding hydrogens is 585 g/mol. The Morgan fingerprint density at radius 1 is 1.11 bits per heavy atom. The number of carbonyl (C=O) groups excluding carboxylic acids is 2. The van der Waals surface area contributed by atoms with Gasteiger partial charge < -0.3 is 14.2 Å². The molecule has 0 radical (unpaired) electrons. The van der Waals surface area contributed by atoms with Gasteiger partial charge in [-0.15, -0.1) is 9.78 Å². The van der Waals surface area contributed by atoms with E-state index in [0.717, 1.165) is 4.68 Å². The Kier molecular flexibility index (Phi) is 10.5. The first kappa shape index (κ1) is 32.3. The maximum Gasteiger partial charge on any atom is 0.413 e. The van der Waals surface area contributed by atoms with Crippen LogP contribution in [-0.4, -0.2) is 62.5 Å². The minimum atomic E-state index is -0.807. The molecule has 1 amide bonds. The quantitative estimate of drug-likeness (QED) is 0.0703. The largest absolute Gasteiger partial charge is 0.487 e. The van der Waals surface area contributed by atoms with Gasteiger partial charge in [0.05, 0.1) is 5.92 Å². The molecule has 4 aromatic rings. The predicted molar refractivity (Wildman–Crippen MR) is 161 cm³/mol. The summed E-state index contributed by atoms with van der Waals surface area (Å²) in [6, 6.07) is 11.5. The fourth-order valence-corrected chi connectivity index (χ4v) is 4.29. The molecule has 0 fully saturated rings. The lowest BCUT2D eigenvalue weighted by Crippen LogP contribution is -2.31. The van der Waals surface area contributed by atoms with Crippen LogP contribution in [0.3, 0.4) is 0 Å². The van der Waals surface area contributed by atoms with Gasteiger partial charge in [0.15, 0.2) is 11.6 Å². The third kappa shape index (κ3) is 8.69. The summed E-state index contributed by atoms with van der Waals surface area (Å²) in [5, 5.41) is 15.0. The van der Waals surface area contributed by atoms with Gasteiger partial charge in [-0.2, -0.15) is 0 Å². The average Bonchev–Trinajstić information content (AvgIpc) is 3.40. The number of rotatable bonds is 12. The number of amidine groups is 1. The Morgan fingerprint density at radius 3 is 2.49 bits per heavy atom. The second-order valence-corrected chi connectivity index (χ2v) is 10.1. The van der Waals surface area contributed by atoms with Crippen molar-refractivity contribution in [2.75, 3.05) is 19.8 Å². The van der Waals surface area contributed by atoms with Crippen LogP contribution < -0.4 is 15.7 Å². The zero-order valence-corrected chi connectivity index (χ0v) is 24.9. The lowest BCUT2D eigenvalue weighted by atomic mass is 9.89. The summed E-state index contributed by atoms with van der Waals surface area (Å²) in [5.41, 5.74) is 2.05. The van der Waals surface area contributed by atoms with Crippen LogP contribution in [0.15, 0.2) is 71.8 Å². The maximum absolute atomic E-state index is 16.0. The van der Waals surface area contributed by atoms with Crippen molar-refractivity contribution in [1.82, 2.24) is 30.0 Å². The third-order valence-corrected chi connectivity index (χ3v) is 6.30. The summed E-state index contributed by atoms with van der Waals surface area (Å²) in [5.74, 6) is -1.98. The SMILES string of the molecule is C=C(C)COC(=O)NC(=N)c1ccc(C[C@@H](c2nn(-c3ncccn3)c(=O)[nH]2)c2cc(C)cc(OCCOC(C)=O)c2F)cc1. The van der Waals surface area contributed by atoms with Crippen LogP contribution in [0.2, 0.25) is 0 Å². The number of carbonyl (C=O) groups is 2. The van der Waals surface area contributed by atoms with Crippen LogP contribution in [0, 0.1) is 18.2 Å². The number of aromatic amines is 1. The topological polar surface area (TPSA) is 174 Å². The monoisotopic (exact) mass is 617 g/mol. The van der Waals surface area contributed by atoms with Gasteiger partial charge in [0, 0.05) is 30.4 Å². The number of alkyl carbamates (subject to hydrolysis) is 1. The van der Waals surface area contributed by atoms with Crippen molar-refractivity contribution in [3.63, 3.8) is 0 Å². The van der Waals surface area contributed by atoms with Crippen molar-refractivity contribution in [1.29, 1.82) is 5.41 Å². The number of aromatic nitrogens is 5. The molecule has 234 valence electrons. The van der Waals surface area contributed by atoms with Gasteiger partial charge in [-0.3, -0.25) is 20.5 Å². The highest BCUT2D eigenvalue weighted by Crippen LogP contribution is 2.33. The fourth-order valence-electron chi connectivity index (χ4n) is 4.29. The van der Waals surface area contributed by atoms with E-state index in [1.807, 2.05) is 0 Å². The van der Waals surface area contributed by atoms with Crippen molar-refractivity contribution >= 4 is 17.9 Å². The molecule has 1 atom stereocenters. The first-order valence-corrected chi connectivity index (χ1v) is 13.8. The first-order chi connectivity index (χ1) is 21.5. The molecule has 2 heterocycles. The Bertz CT molecular complexity index is 1750. The zero-order chi connectivity index (χ0) is 32.5. The van der Waals surface area contributed by atoms with Gasteiger partial charge >= 0.3 is 17.8 Å². The van der Waals surface area contributed by atoms with E-state index in [1.54, 1.807) is 50.2 Å². The molecule has 0 spiro atoms. The van der Waals surface area contributed by atoms with E-state index in [1.165, 1.54) is 25.4 Å². The number of hydrogen-bond donors (Lipinski definition) is 3. The lowest BCUT2D eigenvalue weighted by molar-refractivity contribution is -0.141. The molecule has 2 aromatic heterocycles. The summed E-state index contributed by atoms with van der Waals surface area (Å²) < 4.78 is 32.5. The van der Waals surface area contributed by atoms with E-state index in [0.29, 0.717) is 22.3 Å². The maximum atomic E-state index is 16.0. The molecule has 14 heteroatoms. The molecule has 13 nitrogen and oxygen atoms in total. The second kappa shape index (κ2) is 14.7. The Morgan fingerprint density at radius 2 is 1.82 bits per heavy atom. The van der Waals surface area contributed by atoms with Crippen molar-refractivity contribution in [2.24, 2.45) is 0 Å². The Balaban J connectivity index is 1.66. The third-order valence-electron chi connectivity index (χ3n) is 6.30. The Hall–Kier alpha value is -5.66. The van der Waals surface area contributed by atoms with Crippen LogP contribution in [-0.2, 0) is 20.7 Å². The number of ether oxygens (including phenoxy) is 3. The van der Waals surface area contributed by atoms with E-state index in [4.69, 9.17) is 19.6 Å². The van der Waals surface area contributed by atoms with E-state index in [-0.39, 0.29) is 55.2 Å². The number of halogens is 1. The Labute approximate surface area is 257 Å². The lowest BCUT2D eigenvalue weighted by Gasteiger charge is -2.19. The van der Waals surface area contributed by atoms with E-state index in [9.17, 15) is 14.4 Å². The van der Waals surface area contributed by atoms with Crippen molar-refractivity contribution in [3.8, 4) is 11.7 Å². The van der Waals surface area contributed by atoms with E-state index >= 15 is 4.39 Å². The number of nitrogens with one attached hydrogen (secondary N) is 3. The molecule has 0 bridgehead atoms. The molecular formula is C31H32FN7O6. The normalized spacial score (nSPS) is 11.4. The summed E-state index contributed by atoms with van der Waals surface area (Å²) >= 11 is 0. The van der Waals surface area contributed by atoms with Gasteiger partial charge in [0.2, 0.25) is 0 Å². The summed E-state index contributed by atoms with van der Waals surface area (Å²) in [4.78, 5) is 46.8. The number of benzene rings is 2.